The van der Waals surface area contributed by atoms with Crippen molar-refractivity contribution in [2.75, 3.05) is 13.2 Å². The number of unbranched alkanes of at least 4 members (excludes halogenated alkanes) is 2. The molecule has 206 valence electrons. The Labute approximate surface area is 229 Å². The van der Waals surface area contributed by atoms with Crippen molar-refractivity contribution >= 4 is 23.6 Å². The number of piperidine rings is 2. The molecule has 2 unspecified atom stereocenters. The Hall–Kier alpha value is -3.68. The fourth-order valence-electron chi connectivity index (χ4n) is 5.83. The normalized spacial score (nSPS) is 21.1. The van der Waals surface area contributed by atoms with E-state index in [2.05, 4.69) is 24.4 Å². The molecule has 0 aliphatic carbocycles. The van der Waals surface area contributed by atoms with Crippen molar-refractivity contribution in [1.82, 2.24) is 15.1 Å². The number of carbonyl (C=O) groups excluding carboxylic acids is 4. The Bertz CT molecular complexity index is 1240. The van der Waals surface area contributed by atoms with Gasteiger partial charge in [-0.15, -0.1) is 0 Å². The van der Waals surface area contributed by atoms with Crippen molar-refractivity contribution < 1.29 is 23.9 Å². The second kappa shape index (κ2) is 12.0. The van der Waals surface area contributed by atoms with Gasteiger partial charge >= 0.3 is 0 Å². The number of likely N-dealkylation sites (tertiary alicyclic amines) is 1. The molecule has 3 aliphatic heterocycles. The summed E-state index contributed by atoms with van der Waals surface area (Å²) in [5, 5.41) is 2.33. The molecule has 4 amide bonds. The van der Waals surface area contributed by atoms with Crippen molar-refractivity contribution in [3.05, 3.63) is 64.7 Å². The van der Waals surface area contributed by atoms with Gasteiger partial charge in [-0.2, -0.15) is 0 Å². The van der Waals surface area contributed by atoms with Crippen molar-refractivity contribution in [2.45, 2.75) is 83.3 Å². The molecule has 3 heterocycles. The van der Waals surface area contributed by atoms with Gasteiger partial charge in [-0.05, 0) is 80.0 Å². The van der Waals surface area contributed by atoms with Crippen LogP contribution in [0.15, 0.2) is 42.5 Å². The van der Waals surface area contributed by atoms with Crippen LogP contribution in [0.5, 0.6) is 5.75 Å². The van der Waals surface area contributed by atoms with Gasteiger partial charge < -0.3 is 14.5 Å². The number of imide groups is 1. The maximum absolute atomic E-state index is 13.4. The Morgan fingerprint density at radius 3 is 2.62 bits per heavy atom. The zero-order valence-electron chi connectivity index (χ0n) is 22.6. The fourth-order valence-corrected chi connectivity index (χ4v) is 5.83. The van der Waals surface area contributed by atoms with E-state index in [0.29, 0.717) is 43.0 Å². The number of rotatable bonds is 9. The molecule has 8 nitrogen and oxygen atoms in total. The van der Waals surface area contributed by atoms with Crippen molar-refractivity contribution in [2.24, 2.45) is 0 Å². The average molecular weight is 532 g/mol. The number of hydrogen-bond donors (Lipinski definition) is 1. The average Bonchev–Trinajstić information content (AvgIpc) is 3.27. The van der Waals surface area contributed by atoms with Gasteiger partial charge in [0.25, 0.3) is 11.8 Å². The zero-order chi connectivity index (χ0) is 27.4. The molecule has 3 aliphatic rings. The van der Waals surface area contributed by atoms with Crippen LogP contribution in [0.1, 0.15) is 90.1 Å². The molecule has 0 aromatic heterocycles. The first-order chi connectivity index (χ1) is 18.9. The van der Waals surface area contributed by atoms with Crippen LogP contribution in [-0.4, -0.2) is 58.7 Å². The monoisotopic (exact) mass is 531 g/mol. The van der Waals surface area contributed by atoms with Crippen LogP contribution in [0.3, 0.4) is 0 Å². The summed E-state index contributed by atoms with van der Waals surface area (Å²) in [6.45, 7) is 3.60. The molecule has 2 atom stereocenters. The van der Waals surface area contributed by atoms with Gasteiger partial charge in [0, 0.05) is 30.6 Å². The minimum atomic E-state index is -0.640. The smallest absolute Gasteiger partial charge is 0.255 e. The predicted octanol–water partition coefficient (Wildman–Crippen LogP) is 4.25. The van der Waals surface area contributed by atoms with E-state index in [4.69, 9.17) is 4.74 Å². The lowest BCUT2D eigenvalue weighted by Gasteiger charge is -2.35. The largest absolute Gasteiger partial charge is 0.491 e. The number of benzene rings is 2. The van der Waals surface area contributed by atoms with E-state index in [0.717, 1.165) is 31.2 Å². The Balaban J connectivity index is 1.20. The fraction of sp³-hybridized carbons (Fsp3) is 0.484. The molecule has 0 saturated carbocycles. The number of aryl methyl sites for hydroxylation is 1. The summed E-state index contributed by atoms with van der Waals surface area (Å²) in [7, 11) is 0. The quantitative estimate of drug-likeness (QED) is 0.386. The second-order valence-electron chi connectivity index (χ2n) is 10.8. The predicted molar refractivity (Wildman–Crippen MR) is 146 cm³/mol. The van der Waals surface area contributed by atoms with Crippen LogP contribution >= 0.6 is 0 Å². The first-order valence-electron chi connectivity index (χ1n) is 14.2. The maximum Gasteiger partial charge on any atom is 0.255 e. The standard InChI is InChI=1S/C31H37N3O5/c1-2-3-4-7-21-9-11-22(12-10-21)30(37)33-17-6-5-8-24(33)20-39-25-13-14-26-23(18-25)19-34(31(26)38)27-15-16-28(35)32-29(27)36/h9-14,18,24,27H,2-8,15-17,19-20H2,1H3,(H,32,35,36). The molecule has 2 fully saturated rings. The lowest BCUT2D eigenvalue weighted by molar-refractivity contribution is -0.136. The van der Waals surface area contributed by atoms with Crippen molar-refractivity contribution in [3.8, 4) is 5.75 Å². The molecule has 0 spiro atoms. The highest BCUT2D eigenvalue weighted by Crippen LogP contribution is 2.31. The summed E-state index contributed by atoms with van der Waals surface area (Å²) in [6.07, 6.45) is 8.09. The summed E-state index contributed by atoms with van der Waals surface area (Å²) in [4.78, 5) is 53.6. The summed E-state index contributed by atoms with van der Waals surface area (Å²) in [5.74, 6) is -0.238. The third-order valence-corrected chi connectivity index (χ3v) is 8.10. The van der Waals surface area contributed by atoms with E-state index in [1.807, 2.05) is 23.1 Å². The second-order valence-corrected chi connectivity index (χ2v) is 10.8. The van der Waals surface area contributed by atoms with E-state index in [9.17, 15) is 19.2 Å². The van der Waals surface area contributed by atoms with Crippen LogP contribution in [0.25, 0.3) is 0 Å². The molecule has 8 heteroatoms. The Kier molecular flexibility index (Phi) is 8.29. The third kappa shape index (κ3) is 6.00. The topological polar surface area (TPSA) is 96.0 Å². The van der Waals surface area contributed by atoms with Gasteiger partial charge in [-0.1, -0.05) is 31.9 Å². The molecule has 1 N–H and O–H groups in total. The van der Waals surface area contributed by atoms with Gasteiger partial charge in [0.1, 0.15) is 18.4 Å². The number of carbonyl (C=O) groups is 4. The highest BCUT2D eigenvalue weighted by Gasteiger charge is 2.39. The third-order valence-electron chi connectivity index (χ3n) is 8.10. The van der Waals surface area contributed by atoms with Gasteiger partial charge in [0.2, 0.25) is 11.8 Å². The highest BCUT2D eigenvalue weighted by molar-refractivity contribution is 6.05. The minimum Gasteiger partial charge on any atom is -0.491 e. The summed E-state index contributed by atoms with van der Waals surface area (Å²) in [6, 6.07) is 12.7. The van der Waals surface area contributed by atoms with Gasteiger partial charge in [-0.25, -0.2) is 0 Å². The van der Waals surface area contributed by atoms with Crippen LogP contribution in [-0.2, 0) is 22.6 Å². The molecule has 2 saturated heterocycles. The minimum absolute atomic E-state index is 0.0228. The van der Waals surface area contributed by atoms with Crippen LogP contribution in [0.4, 0.5) is 0 Å². The van der Waals surface area contributed by atoms with Gasteiger partial charge in [0.15, 0.2) is 0 Å². The number of ether oxygens (including phenoxy) is 1. The first kappa shape index (κ1) is 26.9. The zero-order valence-corrected chi connectivity index (χ0v) is 22.6. The van der Waals surface area contributed by atoms with E-state index in [1.54, 1.807) is 12.1 Å². The van der Waals surface area contributed by atoms with Crippen LogP contribution in [0.2, 0.25) is 0 Å². The molecule has 0 radical (unpaired) electrons. The van der Waals surface area contributed by atoms with Crippen molar-refractivity contribution in [1.29, 1.82) is 0 Å². The first-order valence-corrected chi connectivity index (χ1v) is 14.2. The van der Waals surface area contributed by atoms with E-state index < -0.39 is 11.9 Å². The number of fused-ring (bicyclic) bond motifs is 1. The van der Waals surface area contributed by atoms with E-state index in [-0.39, 0.29) is 30.2 Å². The lowest BCUT2D eigenvalue weighted by atomic mass is 10.00. The molecule has 2 aromatic rings. The lowest BCUT2D eigenvalue weighted by Crippen LogP contribution is -2.52. The maximum atomic E-state index is 13.4. The molecule has 39 heavy (non-hydrogen) atoms. The number of hydrogen-bond acceptors (Lipinski definition) is 5. The number of nitrogens with one attached hydrogen (secondary N) is 1. The summed E-state index contributed by atoms with van der Waals surface area (Å²) < 4.78 is 6.16. The molecule has 2 aromatic carbocycles. The number of amides is 4. The van der Waals surface area contributed by atoms with E-state index in [1.165, 1.54) is 29.7 Å². The van der Waals surface area contributed by atoms with Gasteiger partial charge in [-0.3, -0.25) is 24.5 Å². The highest BCUT2D eigenvalue weighted by atomic mass is 16.5. The molecular weight excluding hydrogens is 494 g/mol. The van der Waals surface area contributed by atoms with Crippen LogP contribution < -0.4 is 10.1 Å². The molecule has 5 rings (SSSR count). The Morgan fingerprint density at radius 2 is 1.85 bits per heavy atom. The Morgan fingerprint density at radius 1 is 1.03 bits per heavy atom. The van der Waals surface area contributed by atoms with Gasteiger partial charge in [0.05, 0.1) is 6.04 Å². The SMILES string of the molecule is CCCCCc1ccc(C(=O)N2CCCCC2COc2ccc3c(c2)CN(C2CCC(=O)NC2=O)C3=O)cc1. The molecular formula is C31H37N3O5. The van der Waals surface area contributed by atoms with Crippen LogP contribution in [0, 0.1) is 0 Å². The van der Waals surface area contributed by atoms with E-state index >= 15 is 0 Å². The summed E-state index contributed by atoms with van der Waals surface area (Å²) >= 11 is 0. The molecule has 0 bridgehead atoms. The van der Waals surface area contributed by atoms with Crippen molar-refractivity contribution in [3.63, 3.8) is 0 Å². The summed E-state index contributed by atoms with van der Waals surface area (Å²) in [5.41, 5.74) is 3.34. The number of nitrogens with zero attached hydrogens (tertiary/aromatic N) is 2.